The minimum absolute atomic E-state index is 0.266. The first kappa shape index (κ1) is 14.7. The molecule has 4 nitrogen and oxygen atoms in total. The third-order valence-electron chi connectivity index (χ3n) is 2.88. The molecular weight excluding hydrogens is 296 g/mol. The van der Waals surface area contributed by atoms with Crippen LogP contribution in [0.1, 0.15) is 11.5 Å². The van der Waals surface area contributed by atoms with Crippen LogP contribution in [0.2, 0.25) is 0 Å². The van der Waals surface area contributed by atoms with Crippen molar-refractivity contribution in [3.63, 3.8) is 0 Å². The van der Waals surface area contributed by atoms with Crippen molar-refractivity contribution in [1.29, 1.82) is 0 Å². The fourth-order valence-corrected chi connectivity index (χ4v) is 4.49. The van der Waals surface area contributed by atoms with Gasteiger partial charge in [-0.25, -0.2) is 8.42 Å². The van der Waals surface area contributed by atoms with Crippen LogP contribution in [0.5, 0.6) is 0 Å². The third kappa shape index (κ3) is 3.26. The second kappa shape index (κ2) is 6.19. The smallest absolute Gasteiger partial charge is 0.314 e. The Hall–Kier alpha value is -1.66. The second-order valence-corrected chi connectivity index (χ2v) is 7.41. The van der Waals surface area contributed by atoms with Crippen LogP contribution in [-0.2, 0) is 19.4 Å². The predicted octanol–water partition coefficient (Wildman–Crippen LogP) is 2.48. The maximum absolute atomic E-state index is 12.3. The van der Waals surface area contributed by atoms with Gasteiger partial charge in [-0.1, -0.05) is 36.4 Å². The fraction of sp³-hybridized carbons (Fsp3) is 0.214. The standard InChI is InChI=1S/C14H14O4S2/c1-18-14(15)12(11-6-3-2-4-7-11)10-20(16,17)13-8-5-9-19-13/h2-9,12H,10H2,1H3. The van der Waals surface area contributed by atoms with Crippen LogP contribution < -0.4 is 0 Å². The molecule has 1 heterocycles. The van der Waals surface area contributed by atoms with Gasteiger partial charge < -0.3 is 4.74 Å². The summed E-state index contributed by atoms with van der Waals surface area (Å²) in [6.45, 7) is 0. The van der Waals surface area contributed by atoms with Gasteiger partial charge in [-0.2, -0.15) is 0 Å². The maximum Gasteiger partial charge on any atom is 0.314 e. The van der Waals surface area contributed by atoms with Crippen molar-refractivity contribution in [2.75, 3.05) is 12.9 Å². The number of esters is 1. The van der Waals surface area contributed by atoms with E-state index in [1.54, 1.807) is 41.8 Å². The number of hydrogen-bond acceptors (Lipinski definition) is 5. The summed E-state index contributed by atoms with van der Waals surface area (Å²) in [6.07, 6.45) is 0. The number of thiophene rings is 1. The lowest BCUT2D eigenvalue weighted by Gasteiger charge is -2.14. The van der Waals surface area contributed by atoms with E-state index in [4.69, 9.17) is 4.74 Å². The number of carbonyl (C=O) groups excluding carboxylic acids is 1. The number of methoxy groups -OCH3 is 1. The number of hydrogen-bond donors (Lipinski definition) is 0. The Morgan fingerprint density at radius 2 is 1.90 bits per heavy atom. The summed E-state index contributed by atoms with van der Waals surface area (Å²) in [4.78, 5) is 11.9. The van der Waals surface area contributed by atoms with Gasteiger partial charge in [-0.05, 0) is 17.0 Å². The molecule has 0 aliphatic carbocycles. The highest BCUT2D eigenvalue weighted by molar-refractivity contribution is 7.93. The number of rotatable bonds is 5. The summed E-state index contributed by atoms with van der Waals surface area (Å²) in [7, 11) is -2.24. The topological polar surface area (TPSA) is 60.4 Å². The molecule has 0 bridgehead atoms. The molecule has 1 aromatic carbocycles. The van der Waals surface area contributed by atoms with Crippen molar-refractivity contribution in [1.82, 2.24) is 0 Å². The van der Waals surface area contributed by atoms with E-state index in [1.165, 1.54) is 7.11 Å². The van der Waals surface area contributed by atoms with Crippen LogP contribution in [-0.4, -0.2) is 27.2 Å². The summed E-state index contributed by atoms with van der Waals surface area (Å²) < 4.78 is 29.6. The fourth-order valence-electron chi connectivity index (χ4n) is 1.87. The SMILES string of the molecule is COC(=O)C(CS(=O)(=O)c1cccs1)c1ccccc1. The monoisotopic (exact) mass is 310 g/mol. The number of sulfone groups is 1. The Labute approximate surface area is 121 Å². The zero-order valence-electron chi connectivity index (χ0n) is 10.9. The van der Waals surface area contributed by atoms with Crippen molar-refractivity contribution < 1.29 is 17.9 Å². The molecule has 0 aliphatic heterocycles. The van der Waals surface area contributed by atoms with Gasteiger partial charge in [0.25, 0.3) is 0 Å². The van der Waals surface area contributed by atoms with E-state index >= 15 is 0 Å². The molecule has 0 amide bonds. The maximum atomic E-state index is 12.3. The lowest BCUT2D eigenvalue weighted by Crippen LogP contribution is -2.23. The average Bonchev–Trinajstić information content (AvgIpc) is 3.00. The third-order valence-corrected chi connectivity index (χ3v) is 6.11. The van der Waals surface area contributed by atoms with Crippen molar-refractivity contribution >= 4 is 27.1 Å². The lowest BCUT2D eigenvalue weighted by atomic mass is 10.0. The van der Waals surface area contributed by atoms with Gasteiger partial charge >= 0.3 is 5.97 Å². The Bertz CT molecular complexity index is 660. The first-order chi connectivity index (χ1) is 9.54. The minimum atomic E-state index is -3.50. The van der Waals surface area contributed by atoms with Crippen molar-refractivity contribution in [3.05, 3.63) is 53.4 Å². The zero-order chi connectivity index (χ0) is 14.6. The molecule has 0 N–H and O–H groups in total. The average molecular weight is 310 g/mol. The molecule has 6 heteroatoms. The van der Waals surface area contributed by atoms with Gasteiger partial charge in [-0.3, -0.25) is 4.79 Å². The van der Waals surface area contributed by atoms with Gasteiger partial charge in [0.05, 0.1) is 18.8 Å². The number of benzene rings is 1. The molecule has 106 valence electrons. The normalized spacial score (nSPS) is 12.8. The summed E-state index contributed by atoms with van der Waals surface area (Å²) in [5.74, 6) is -1.64. The van der Waals surface area contributed by atoms with E-state index in [2.05, 4.69) is 0 Å². The van der Waals surface area contributed by atoms with E-state index < -0.39 is 21.7 Å². The van der Waals surface area contributed by atoms with Gasteiger partial charge in [0.2, 0.25) is 0 Å². The molecule has 1 atom stereocenters. The highest BCUT2D eigenvalue weighted by atomic mass is 32.2. The summed E-state index contributed by atoms with van der Waals surface area (Å²) in [5, 5.41) is 1.70. The van der Waals surface area contributed by atoms with E-state index in [0.717, 1.165) is 11.3 Å². The van der Waals surface area contributed by atoms with Gasteiger partial charge in [-0.15, -0.1) is 11.3 Å². The first-order valence-electron chi connectivity index (χ1n) is 5.93. The molecule has 20 heavy (non-hydrogen) atoms. The van der Waals surface area contributed by atoms with E-state index in [0.29, 0.717) is 5.56 Å². The zero-order valence-corrected chi connectivity index (χ0v) is 12.5. The Morgan fingerprint density at radius 1 is 1.20 bits per heavy atom. The Morgan fingerprint density at radius 3 is 2.45 bits per heavy atom. The highest BCUT2D eigenvalue weighted by Gasteiger charge is 2.29. The molecule has 1 unspecified atom stereocenters. The first-order valence-corrected chi connectivity index (χ1v) is 8.47. The van der Waals surface area contributed by atoms with Crippen molar-refractivity contribution in [2.45, 2.75) is 10.1 Å². The van der Waals surface area contributed by atoms with Gasteiger partial charge in [0.1, 0.15) is 4.21 Å². The molecule has 0 aliphatic rings. The van der Waals surface area contributed by atoms with Crippen molar-refractivity contribution in [2.24, 2.45) is 0 Å². The van der Waals surface area contributed by atoms with Gasteiger partial charge in [0.15, 0.2) is 9.84 Å². The van der Waals surface area contributed by atoms with Crippen molar-refractivity contribution in [3.8, 4) is 0 Å². The molecule has 2 rings (SSSR count). The quantitative estimate of drug-likeness (QED) is 0.796. The number of carbonyl (C=O) groups is 1. The van der Waals surface area contributed by atoms with Crippen LogP contribution in [0.25, 0.3) is 0 Å². The van der Waals surface area contributed by atoms with E-state index in [1.807, 2.05) is 6.07 Å². The summed E-state index contributed by atoms with van der Waals surface area (Å²) in [6, 6.07) is 12.0. The molecule has 0 spiro atoms. The van der Waals surface area contributed by atoms with Crippen LogP contribution in [0.4, 0.5) is 0 Å². The Kier molecular flexibility index (Phi) is 4.57. The number of ether oxygens (including phenoxy) is 1. The second-order valence-electron chi connectivity index (χ2n) is 4.20. The molecule has 2 aromatic rings. The largest absolute Gasteiger partial charge is 0.469 e. The summed E-state index contributed by atoms with van der Waals surface area (Å²) in [5.41, 5.74) is 0.638. The molecular formula is C14H14O4S2. The molecule has 0 fully saturated rings. The molecule has 0 saturated heterocycles. The van der Waals surface area contributed by atoms with E-state index in [9.17, 15) is 13.2 Å². The van der Waals surface area contributed by atoms with Crippen LogP contribution in [0, 0.1) is 0 Å². The lowest BCUT2D eigenvalue weighted by molar-refractivity contribution is -0.141. The predicted molar refractivity (Wildman–Crippen MR) is 77.6 cm³/mol. The summed E-state index contributed by atoms with van der Waals surface area (Å²) >= 11 is 1.15. The highest BCUT2D eigenvalue weighted by Crippen LogP contribution is 2.25. The molecule has 0 saturated carbocycles. The Balaban J connectivity index is 2.33. The minimum Gasteiger partial charge on any atom is -0.469 e. The molecule has 0 radical (unpaired) electrons. The van der Waals surface area contributed by atoms with Crippen LogP contribution in [0.15, 0.2) is 52.1 Å². The van der Waals surface area contributed by atoms with Gasteiger partial charge in [0, 0.05) is 0 Å². The van der Waals surface area contributed by atoms with Crippen LogP contribution in [0.3, 0.4) is 0 Å². The van der Waals surface area contributed by atoms with Crippen LogP contribution >= 0.6 is 11.3 Å². The molecule has 1 aromatic heterocycles. The van der Waals surface area contributed by atoms with E-state index in [-0.39, 0.29) is 9.96 Å².